The van der Waals surface area contributed by atoms with Crippen LogP contribution in [0.4, 0.5) is 23.2 Å². The van der Waals surface area contributed by atoms with Crippen molar-refractivity contribution in [3.05, 3.63) is 65.7 Å². The van der Waals surface area contributed by atoms with Crippen LogP contribution in [0.15, 0.2) is 48.8 Å². The van der Waals surface area contributed by atoms with Gasteiger partial charge in [0.05, 0.1) is 16.8 Å². The van der Waals surface area contributed by atoms with Crippen molar-refractivity contribution >= 4 is 11.6 Å². The summed E-state index contributed by atoms with van der Waals surface area (Å²) in [5, 5.41) is 12.7. The number of hydrogen-bond donors (Lipinski definition) is 1. The first-order chi connectivity index (χ1) is 11.8. The van der Waals surface area contributed by atoms with Crippen molar-refractivity contribution in [3.8, 4) is 5.69 Å². The quantitative estimate of drug-likeness (QED) is 0.736. The molecule has 1 amide bonds. The minimum atomic E-state index is -4.53. The van der Waals surface area contributed by atoms with E-state index >= 15 is 0 Å². The topological polar surface area (TPSA) is 72.7 Å². The van der Waals surface area contributed by atoms with E-state index in [1.165, 1.54) is 18.2 Å². The molecule has 1 heterocycles. The fraction of sp³-hybridized carbons (Fsp3) is 0.0667. The minimum absolute atomic E-state index is 0.00823. The summed E-state index contributed by atoms with van der Waals surface area (Å²) in [6.45, 7) is 0. The summed E-state index contributed by atoms with van der Waals surface area (Å²) in [4.78, 5) is 12.4. The minimum Gasteiger partial charge on any atom is -0.322 e. The zero-order valence-corrected chi connectivity index (χ0v) is 12.3. The second-order valence-electron chi connectivity index (χ2n) is 4.95. The number of nitrogens with zero attached hydrogens (tertiary/aromatic N) is 4. The molecule has 1 N–H and O–H groups in total. The molecular formula is C15H9F4N5O. The number of anilines is 1. The Morgan fingerprint density at radius 2 is 1.92 bits per heavy atom. The first-order valence-electron chi connectivity index (χ1n) is 6.86. The van der Waals surface area contributed by atoms with Crippen LogP contribution in [0, 0.1) is 5.82 Å². The predicted molar refractivity (Wildman–Crippen MR) is 78.5 cm³/mol. The zero-order valence-electron chi connectivity index (χ0n) is 12.3. The van der Waals surface area contributed by atoms with E-state index in [2.05, 4.69) is 20.8 Å². The largest absolute Gasteiger partial charge is 0.416 e. The fourth-order valence-corrected chi connectivity index (χ4v) is 2.13. The van der Waals surface area contributed by atoms with Crippen molar-refractivity contribution < 1.29 is 22.4 Å². The number of nitrogens with one attached hydrogen (secondary N) is 1. The van der Waals surface area contributed by atoms with Gasteiger partial charge in [0.1, 0.15) is 12.1 Å². The highest BCUT2D eigenvalue weighted by Crippen LogP contribution is 2.30. The highest BCUT2D eigenvalue weighted by molar-refractivity contribution is 6.06. The molecule has 0 radical (unpaired) electrons. The molecule has 2 aromatic carbocycles. The maximum absolute atomic E-state index is 13.5. The summed E-state index contributed by atoms with van der Waals surface area (Å²) < 4.78 is 52.8. The van der Waals surface area contributed by atoms with Crippen molar-refractivity contribution in [1.29, 1.82) is 0 Å². The summed E-state index contributed by atoms with van der Waals surface area (Å²) in [5.41, 5.74) is -0.905. The molecule has 0 spiro atoms. The highest BCUT2D eigenvalue weighted by atomic mass is 19.4. The number of benzene rings is 2. The van der Waals surface area contributed by atoms with Crippen LogP contribution in [0.3, 0.4) is 0 Å². The lowest BCUT2D eigenvalue weighted by molar-refractivity contribution is -0.137. The van der Waals surface area contributed by atoms with E-state index in [1.54, 1.807) is 0 Å². The molecule has 3 rings (SSSR count). The van der Waals surface area contributed by atoms with E-state index in [-0.39, 0.29) is 16.9 Å². The van der Waals surface area contributed by atoms with Gasteiger partial charge in [0, 0.05) is 11.8 Å². The number of hydrogen-bond acceptors (Lipinski definition) is 4. The van der Waals surface area contributed by atoms with Crippen LogP contribution < -0.4 is 5.32 Å². The van der Waals surface area contributed by atoms with Gasteiger partial charge in [0.2, 0.25) is 0 Å². The van der Waals surface area contributed by atoms with Crippen molar-refractivity contribution in [2.45, 2.75) is 6.18 Å². The molecule has 0 aliphatic rings. The molecule has 0 bridgehead atoms. The third-order valence-corrected chi connectivity index (χ3v) is 3.25. The van der Waals surface area contributed by atoms with Crippen molar-refractivity contribution in [2.75, 3.05) is 5.32 Å². The van der Waals surface area contributed by atoms with E-state index in [0.717, 1.165) is 35.3 Å². The predicted octanol–water partition coefficient (Wildman–Crippen LogP) is 3.07. The molecule has 0 saturated carbocycles. The van der Waals surface area contributed by atoms with E-state index in [9.17, 15) is 22.4 Å². The van der Waals surface area contributed by atoms with Gasteiger partial charge < -0.3 is 5.32 Å². The van der Waals surface area contributed by atoms with E-state index < -0.39 is 23.5 Å². The van der Waals surface area contributed by atoms with Crippen LogP contribution in [0.1, 0.15) is 15.9 Å². The third-order valence-electron chi connectivity index (χ3n) is 3.25. The maximum Gasteiger partial charge on any atom is 0.416 e. The van der Waals surface area contributed by atoms with Gasteiger partial charge in [-0.3, -0.25) is 4.79 Å². The van der Waals surface area contributed by atoms with Crippen LogP contribution in [0.25, 0.3) is 5.69 Å². The Kier molecular flexibility index (Phi) is 4.17. The Morgan fingerprint density at radius 1 is 1.12 bits per heavy atom. The number of amides is 1. The normalized spacial score (nSPS) is 11.4. The van der Waals surface area contributed by atoms with Gasteiger partial charge in [-0.25, -0.2) is 4.39 Å². The highest BCUT2D eigenvalue weighted by Gasteiger charge is 2.30. The standard InChI is InChI=1S/C15H9F4N5O/c16-10-4-5-12(13(7-10)24-8-20-22-23-24)14(25)21-11-3-1-2-9(6-11)15(17,18)19/h1-8H,(H,21,25). The van der Waals surface area contributed by atoms with Crippen LogP contribution in [-0.2, 0) is 6.18 Å². The first kappa shape index (κ1) is 16.6. The number of alkyl halides is 3. The molecule has 0 saturated heterocycles. The summed E-state index contributed by atoms with van der Waals surface area (Å²) in [6.07, 6.45) is -3.37. The Hall–Kier alpha value is -3.30. The second kappa shape index (κ2) is 6.30. The van der Waals surface area contributed by atoms with E-state index in [0.29, 0.717) is 0 Å². The molecular weight excluding hydrogens is 342 g/mol. The van der Waals surface area contributed by atoms with Gasteiger partial charge in [0.15, 0.2) is 0 Å². The molecule has 0 aliphatic heterocycles. The molecule has 0 aliphatic carbocycles. The number of rotatable bonds is 3. The van der Waals surface area contributed by atoms with Crippen LogP contribution in [0.2, 0.25) is 0 Å². The Morgan fingerprint density at radius 3 is 2.60 bits per heavy atom. The summed E-state index contributed by atoms with van der Waals surface area (Å²) in [5.74, 6) is -1.36. The number of halogens is 4. The third kappa shape index (κ3) is 3.62. The average Bonchev–Trinajstić information content (AvgIpc) is 3.08. The number of carbonyl (C=O) groups excluding carboxylic acids is 1. The van der Waals surface area contributed by atoms with Crippen molar-refractivity contribution in [2.24, 2.45) is 0 Å². The molecule has 1 aromatic heterocycles. The van der Waals surface area contributed by atoms with Crippen molar-refractivity contribution in [3.63, 3.8) is 0 Å². The molecule has 0 unspecified atom stereocenters. The molecule has 0 fully saturated rings. The van der Waals surface area contributed by atoms with Gasteiger partial charge >= 0.3 is 6.18 Å². The molecule has 6 nitrogen and oxygen atoms in total. The second-order valence-corrected chi connectivity index (χ2v) is 4.95. The van der Waals surface area contributed by atoms with Crippen LogP contribution in [0.5, 0.6) is 0 Å². The van der Waals surface area contributed by atoms with Gasteiger partial charge in [-0.05, 0) is 40.8 Å². The van der Waals surface area contributed by atoms with Crippen LogP contribution in [-0.4, -0.2) is 26.1 Å². The monoisotopic (exact) mass is 351 g/mol. The molecule has 3 aromatic rings. The summed E-state index contributed by atoms with van der Waals surface area (Å²) >= 11 is 0. The Bertz CT molecular complexity index is 909. The Balaban J connectivity index is 1.93. The molecule has 10 heteroatoms. The van der Waals surface area contributed by atoms with E-state index in [4.69, 9.17) is 0 Å². The van der Waals surface area contributed by atoms with Gasteiger partial charge in [-0.1, -0.05) is 6.07 Å². The van der Waals surface area contributed by atoms with Gasteiger partial charge in [-0.15, -0.1) is 5.10 Å². The van der Waals surface area contributed by atoms with Gasteiger partial charge in [-0.2, -0.15) is 17.9 Å². The zero-order chi connectivity index (χ0) is 18.0. The summed E-state index contributed by atoms with van der Waals surface area (Å²) in [6, 6.07) is 7.46. The SMILES string of the molecule is O=C(Nc1cccc(C(F)(F)F)c1)c1ccc(F)cc1-n1cnnn1. The summed E-state index contributed by atoms with van der Waals surface area (Å²) in [7, 11) is 0. The molecule has 0 atom stereocenters. The first-order valence-corrected chi connectivity index (χ1v) is 6.86. The smallest absolute Gasteiger partial charge is 0.322 e. The van der Waals surface area contributed by atoms with Crippen LogP contribution >= 0.6 is 0 Å². The number of tetrazole rings is 1. The lowest BCUT2D eigenvalue weighted by Crippen LogP contribution is -2.16. The molecule has 128 valence electrons. The number of aromatic nitrogens is 4. The molecule has 25 heavy (non-hydrogen) atoms. The fourth-order valence-electron chi connectivity index (χ4n) is 2.13. The average molecular weight is 351 g/mol. The lowest BCUT2D eigenvalue weighted by atomic mass is 10.1. The van der Waals surface area contributed by atoms with Crippen molar-refractivity contribution in [1.82, 2.24) is 20.2 Å². The lowest BCUT2D eigenvalue weighted by Gasteiger charge is -2.12. The number of carbonyl (C=O) groups is 1. The van der Waals surface area contributed by atoms with Gasteiger partial charge in [0.25, 0.3) is 5.91 Å². The Labute approximate surface area is 138 Å². The maximum atomic E-state index is 13.5. The van der Waals surface area contributed by atoms with E-state index in [1.807, 2.05) is 0 Å².